The molecule has 26 heavy (non-hydrogen) atoms. The molecule has 0 radical (unpaired) electrons. The van der Waals surface area contributed by atoms with E-state index in [0.717, 1.165) is 77.9 Å². The van der Waals surface area contributed by atoms with E-state index in [1.807, 2.05) is 0 Å². The minimum Gasteiger partial charge on any atom is -0.343 e. The van der Waals surface area contributed by atoms with Gasteiger partial charge in [-0.3, -0.25) is 4.79 Å². The van der Waals surface area contributed by atoms with Crippen LogP contribution in [0.2, 0.25) is 0 Å². The van der Waals surface area contributed by atoms with Crippen LogP contribution in [-0.4, -0.2) is 56.6 Å². The number of nitrogens with two attached hydrogens (primary N) is 1. The molecule has 0 spiro atoms. The minimum absolute atomic E-state index is 0.383. The number of amides is 1. The topological polar surface area (TPSA) is 70.4 Å². The first-order valence-electron chi connectivity index (χ1n) is 11.2. The normalized spacial score (nSPS) is 18.2. The predicted molar refractivity (Wildman–Crippen MR) is 111 cm³/mol. The average Bonchev–Trinajstić information content (AvgIpc) is 2.66. The van der Waals surface area contributed by atoms with Gasteiger partial charge in [-0.2, -0.15) is 0 Å². The van der Waals surface area contributed by atoms with Crippen LogP contribution in [0.4, 0.5) is 0 Å². The summed E-state index contributed by atoms with van der Waals surface area (Å²) < 4.78 is 0. The molecule has 154 valence electrons. The lowest BCUT2D eigenvalue weighted by molar-refractivity contribution is -0.131. The van der Waals surface area contributed by atoms with Gasteiger partial charge >= 0.3 is 0 Å². The first-order chi connectivity index (χ1) is 12.8. The van der Waals surface area contributed by atoms with Crippen molar-refractivity contribution in [2.45, 2.75) is 83.5 Å². The Kier molecular flexibility index (Phi) is 16.0. The van der Waals surface area contributed by atoms with Crippen molar-refractivity contribution in [3.8, 4) is 0 Å². The second-order valence-electron chi connectivity index (χ2n) is 7.66. The Hall–Kier alpha value is -0.650. The smallest absolute Gasteiger partial charge is 0.222 e. The Balaban J connectivity index is 2.11. The van der Waals surface area contributed by atoms with Gasteiger partial charge in [0.15, 0.2) is 0 Å². The number of carbonyl (C=O) groups excluding carboxylic acids is 1. The molecule has 1 fully saturated rings. The van der Waals surface area contributed by atoms with E-state index in [-0.39, 0.29) is 0 Å². The number of carbonyl (C=O) groups is 1. The summed E-state index contributed by atoms with van der Waals surface area (Å²) in [4.78, 5) is 14.6. The molecule has 0 bridgehead atoms. The van der Waals surface area contributed by atoms with Crippen LogP contribution in [0.1, 0.15) is 83.5 Å². The van der Waals surface area contributed by atoms with E-state index in [4.69, 9.17) is 5.73 Å². The first-order valence-corrected chi connectivity index (χ1v) is 11.2. The van der Waals surface area contributed by atoms with Gasteiger partial charge in [0.05, 0.1) is 0 Å². The average molecular weight is 369 g/mol. The van der Waals surface area contributed by atoms with Crippen LogP contribution in [0.5, 0.6) is 0 Å². The molecule has 1 saturated heterocycles. The molecule has 5 nitrogen and oxygen atoms in total. The molecular formula is C21H44N4O. The van der Waals surface area contributed by atoms with Gasteiger partial charge in [-0.25, -0.2) is 0 Å². The second-order valence-corrected chi connectivity index (χ2v) is 7.66. The van der Waals surface area contributed by atoms with E-state index in [0.29, 0.717) is 5.91 Å². The van der Waals surface area contributed by atoms with Crippen molar-refractivity contribution in [2.24, 2.45) is 5.73 Å². The lowest BCUT2D eigenvalue weighted by atomic mass is 10.1. The Morgan fingerprint density at radius 2 is 1.27 bits per heavy atom. The van der Waals surface area contributed by atoms with Crippen molar-refractivity contribution in [1.29, 1.82) is 0 Å². The fourth-order valence-corrected chi connectivity index (χ4v) is 3.55. The Labute approximate surface area is 161 Å². The highest BCUT2D eigenvalue weighted by molar-refractivity contribution is 5.76. The fourth-order valence-electron chi connectivity index (χ4n) is 3.55. The van der Waals surface area contributed by atoms with Crippen LogP contribution in [-0.2, 0) is 4.79 Å². The van der Waals surface area contributed by atoms with E-state index in [1.165, 1.54) is 51.4 Å². The van der Waals surface area contributed by atoms with Gasteiger partial charge in [0.1, 0.15) is 0 Å². The quantitative estimate of drug-likeness (QED) is 0.490. The van der Waals surface area contributed by atoms with Crippen LogP contribution >= 0.6 is 0 Å². The maximum atomic E-state index is 12.5. The SMILES string of the molecule is NCCCNCCCNCCCN1CCCCCCCCCCCC1=O. The molecule has 1 amide bonds. The van der Waals surface area contributed by atoms with Crippen molar-refractivity contribution in [2.75, 3.05) is 45.8 Å². The highest BCUT2D eigenvalue weighted by Gasteiger charge is 2.12. The molecule has 1 rings (SSSR count). The summed E-state index contributed by atoms with van der Waals surface area (Å²) in [6, 6.07) is 0. The maximum Gasteiger partial charge on any atom is 0.222 e. The van der Waals surface area contributed by atoms with Gasteiger partial charge in [0.2, 0.25) is 5.91 Å². The van der Waals surface area contributed by atoms with Crippen molar-refractivity contribution in [1.82, 2.24) is 15.5 Å². The monoisotopic (exact) mass is 368 g/mol. The summed E-state index contributed by atoms with van der Waals surface area (Å²) in [5.74, 6) is 0.383. The summed E-state index contributed by atoms with van der Waals surface area (Å²) >= 11 is 0. The van der Waals surface area contributed by atoms with Crippen molar-refractivity contribution in [3.63, 3.8) is 0 Å². The number of hydrogen-bond acceptors (Lipinski definition) is 4. The third kappa shape index (κ3) is 13.5. The van der Waals surface area contributed by atoms with Gasteiger partial charge in [0, 0.05) is 19.5 Å². The molecule has 1 aliphatic heterocycles. The van der Waals surface area contributed by atoms with E-state index in [9.17, 15) is 4.79 Å². The van der Waals surface area contributed by atoms with Gasteiger partial charge in [-0.05, 0) is 64.8 Å². The molecule has 0 aliphatic carbocycles. The lowest BCUT2D eigenvalue weighted by Gasteiger charge is -2.23. The number of hydrogen-bond donors (Lipinski definition) is 3. The molecule has 0 aromatic heterocycles. The third-order valence-electron chi connectivity index (χ3n) is 5.22. The van der Waals surface area contributed by atoms with Crippen LogP contribution in [0.3, 0.4) is 0 Å². The van der Waals surface area contributed by atoms with Crippen molar-refractivity contribution >= 4 is 5.91 Å². The third-order valence-corrected chi connectivity index (χ3v) is 5.22. The first kappa shape index (κ1) is 23.4. The van der Waals surface area contributed by atoms with Crippen LogP contribution in [0.25, 0.3) is 0 Å². The number of nitrogens with zero attached hydrogens (tertiary/aromatic N) is 1. The van der Waals surface area contributed by atoms with Gasteiger partial charge in [-0.15, -0.1) is 0 Å². The predicted octanol–water partition coefficient (Wildman–Crippen LogP) is 3.04. The molecule has 4 N–H and O–H groups in total. The molecule has 0 aromatic rings. The summed E-state index contributed by atoms with van der Waals surface area (Å²) in [6.07, 6.45) is 15.5. The zero-order chi connectivity index (χ0) is 18.7. The standard InChI is InChI=1S/C21H44N4O/c22-14-10-15-23-16-11-17-24-18-12-20-25-19-9-7-5-3-1-2-4-6-8-13-21(25)26/h23-24H,1-20,22H2. The molecular weight excluding hydrogens is 324 g/mol. The summed E-state index contributed by atoms with van der Waals surface area (Å²) in [7, 11) is 0. The van der Waals surface area contributed by atoms with E-state index in [1.54, 1.807) is 0 Å². The molecule has 1 aliphatic rings. The molecule has 0 atom stereocenters. The molecule has 0 unspecified atom stereocenters. The summed E-state index contributed by atoms with van der Waals surface area (Å²) in [5.41, 5.74) is 5.47. The maximum absolute atomic E-state index is 12.5. The molecule has 0 saturated carbocycles. The summed E-state index contributed by atoms with van der Waals surface area (Å²) in [5, 5.41) is 6.90. The summed E-state index contributed by atoms with van der Waals surface area (Å²) in [6.45, 7) is 6.77. The van der Waals surface area contributed by atoms with Crippen molar-refractivity contribution < 1.29 is 4.79 Å². The Bertz CT molecular complexity index is 325. The van der Waals surface area contributed by atoms with Crippen LogP contribution in [0.15, 0.2) is 0 Å². The molecule has 1 heterocycles. The van der Waals surface area contributed by atoms with E-state index >= 15 is 0 Å². The largest absolute Gasteiger partial charge is 0.343 e. The molecule has 5 heteroatoms. The highest BCUT2D eigenvalue weighted by Crippen LogP contribution is 2.13. The Morgan fingerprint density at radius 3 is 1.92 bits per heavy atom. The fraction of sp³-hybridized carbons (Fsp3) is 0.952. The lowest BCUT2D eigenvalue weighted by Crippen LogP contribution is -2.34. The highest BCUT2D eigenvalue weighted by atomic mass is 16.2. The minimum atomic E-state index is 0.383. The van der Waals surface area contributed by atoms with E-state index in [2.05, 4.69) is 15.5 Å². The zero-order valence-corrected chi connectivity index (χ0v) is 17.1. The second kappa shape index (κ2) is 17.7. The number of rotatable bonds is 11. The molecule has 0 aromatic carbocycles. The van der Waals surface area contributed by atoms with Crippen LogP contribution in [0, 0.1) is 0 Å². The van der Waals surface area contributed by atoms with Gasteiger partial charge < -0.3 is 21.3 Å². The van der Waals surface area contributed by atoms with Crippen LogP contribution < -0.4 is 16.4 Å². The Morgan fingerprint density at radius 1 is 0.731 bits per heavy atom. The van der Waals surface area contributed by atoms with Gasteiger partial charge in [-0.1, -0.05) is 44.9 Å². The zero-order valence-electron chi connectivity index (χ0n) is 17.1. The number of nitrogens with one attached hydrogen (secondary N) is 2. The van der Waals surface area contributed by atoms with E-state index < -0.39 is 0 Å². The van der Waals surface area contributed by atoms with Crippen molar-refractivity contribution in [3.05, 3.63) is 0 Å². The van der Waals surface area contributed by atoms with Gasteiger partial charge in [0.25, 0.3) is 0 Å².